The van der Waals surface area contributed by atoms with Gasteiger partial charge in [0.1, 0.15) is 0 Å². The first kappa shape index (κ1) is 17.9. The largest absolute Gasteiger partial charge is 0.354 e. The number of aryl methyl sites for hydroxylation is 1. The minimum atomic E-state index is -0.123. The molecule has 3 aromatic rings. The maximum absolute atomic E-state index is 13.3. The van der Waals surface area contributed by atoms with E-state index in [9.17, 15) is 4.79 Å². The first-order valence-electron chi connectivity index (χ1n) is 10.1. The van der Waals surface area contributed by atoms with E-state index < -0.39 is 0 Å². The Morgan fingerprint density at radius 2 is 2.03 bits per heavy atom. The number of nitrogens with zero attached hydrogens (tertiary/aromatic N) is 6. The van der Waals surface area contributed by atoms with E-state index >= 15 is 0 Å². The van der Waals surface area contributed by atoms with Crippen LogP contribution >= 0.6 is 0 Å². The predicted octanol–water partition coefficient (Wildman–Crippen LogP) is 2.50. The summed E-state index contributed by atoms with van der Waals surface area (Å²) in [5.74, 6) is 0.831. The molecule has 0 saturated carbocycles. The van der Waals surface area contributed by atoms with Gasteiger partial charge in [-0.25, -0.2) is 9.36 Å². The molecule has 1 aromatic carbocycles. The maximum Gasteiger partial charge on any atom is 0.293 e. The van der Waals surface area contributed by atoms with Crippen LogP contribution in [0.15, 0.2) is 36.5 Å². The van der Waals surface area contributed by atoms with Gasteiger partial charge < -0.3 is 10.2 Å². The molecule has 0 unspecified atom stereocenters. The summed E-state index contributed by atoms with van der Waals surface area (Å²) in [5.41, 5.74) is 3.19. The molecule has 29 heavy (non-hydrogen) atoms. The third kappa shape index (κ3) is 3.28. The van der Waals surface area contributed by atoms with Gasteiger partial charge >= 0.3 is 0 Å². The van der Waals surface area contributed by atoms with E-state index in [1.807, 2.05) is 34.0 Å². The third-order valence-corrected chi connectivity index (χ3v) is 5.56. The Hall–Kier alpha value is -3.16. The van der Waals surface area contributed by atoms with Crippen molar-refractivity contribution in [3.8, 4) is 5.69 Å². The summed E-state index contributed by atoms with van der Waals surface area (Å²) < 4.78 is 3.79. The molecule has 8 nitrogen and oxygen atoms in total. The summed E-state index contributed by atoms with van der Waals surface area (Å²) in [6.07, 6.45) is 3.72. The molecule has 4 heterocycles. The molecule has 0 saturated heterocycles. The van der Waals surface area contributed by atoms with Crippen LogP contribution in [0.4, 0.5) is 5.95 Å². The molecule has 2 aliphatic rings. The average molecular weight is 391 g/mol. The van der Waals surface area contributed by atoms with E-state index in [4.69, 9.17) is 0 Å². The van der Waals surface area contributed by atoms with Crippen LogP contribution in [0.2, 0.25) is 0 Å². The molecule has 0 spiro atoms. The number of nitrogens with one attached hydrogen (secondary N) is 1. The Balaban J connectivity index is 1.48. The fourth-order valence-corrected chi connectivity index (χ4v) is 4.24. The zero-order valence-electron chi connectivity index (χ0n) is 16.8. The molecule has 0 bridgehead atoms. The first-order chi connectivity index (χ1) is 14.0. The van der Waals surface area contributed by atoms with E-state index in [0.29, 0.717) is 19.0 Å². The molecule has 5 rings (SSSR count). The van der Waals surface area contributed by atoms with Crippen molar-refractivity contribution < 1.29 is 4.79 Å². The Labute approximate surface area is 169 Å². The van der Waals surface area contributed by atoms with Gasteiger partial charge in [-0.15, -0.1) is 5.10 Å². The summed E-state index contributed by atoms with van der Waals surface area (Å²) >= 11 is 0. The zero-order chi connectivity index (χ0) is 20.0. The van der Waals surface area contributed by atoms with Crippen LogP contribution in [0.1, 0.15) is 42.1 Å². The lowest BCUT2D eigenvalue weighted by Crippen LogP contribution is -2.38. The molecule has 2 aliphatic heterocycles. The Kier molecular flexibility index (Phi) is 4.15. The number of aromatic nitrogens is 5. The molecule has 0 radical (unpaired) electrons. The molecule has 1 N–H and O–H groups in total. The first-order valence-corrected chi connectivity index (χ1v) is 10.1. The van der Waals surface area contributed by atoms with Crippen LogP contribution in [0.25, 0.3) is 5.69 Å². The van der Waals surface area contributed by atoms with Crippen LogP contribution in [-0.4, -0.2) is 48.4 Å². The quantitative estimate of drug-likeness (QED) is 0.726. The van der Waals surface area contributed by atoms with Gasteiger partial charge in [0, 0.05) is 37.4 Å². The minimum absolute atomic E-state index is 0.0922. The summed E-state index contributed by atoms with van der Waals surface area (Å²) in [5, 5.41) is 12.3. The van der Waals surface area contributed by atoms with Crippen molar-refractivity contribution in [2.75, 3.05) is 18.4 Å². The fraction of sp³-hybridized carbons (Fsp3) is 0.429. The molecule has 150 valence electrons. The monoisotopic (exact) mass is 391 g/mol. The van der Waals surface area contributed by atoms with Crippen molar-refractivity contribution in [1.29, 1.82) is 0 Å². The van der Waals surface area contributed by atoms with Crippen molar-refractivity contribution in [1.82, 2.24) is 29.4 Å². The van der Waals surface area contributed by atoms with E-state index in [0.717, 1.165) is 42.9 Å². The van der Waals surface area contributed by atoms with Crippen molar-refractivity contribution >= 4 is 11.9 Å². The number of rotatable bonds is 2. The number of fused-ring (bicyclic) bond motifs is 2. The highest BCUT2D eigenvalue weighted by Crippen LogP contribution is 2.32. The van der Waals surface area contributed by atoms with Crippen molar-refractivity contribution in [2.24, 2.45) is 5.41 Å². The van der Waals surface area contributed by atoms with E-state index in [1.165, 1.54) is 0 Å². The lowest BCUT2D eigenvalue weighted by molar-refractivity contribution is 0.0667. The van der Waals surface area contributed by atoms with Gasteiger partial charge in [-0.05, 0) is 30.4 Å². The fourth-order valence-electron chi connectivity index (χ4n) is 4.24. The van der Waals surface area contributed by atoms with Gasteiger partial charge in [-0.2, -0.15) is 10.1 Å². The highest BCUT2D eigenvalue weighted by atomic mass is 16.2. The summed E-state index contributed by atoms with van der Waals surface area (Å²) in [7, 11) is 0. The molecule has 1 amide bonds. The number of hydrogen-bond donors (Lipinski definition) is 1. The Morgan fingerprint density at radius 3 is 2.83 bits per heavy atom. The van der Waals surface area contributed by atoms with Gasteiger partial charge in [-0.3, -0.25) is 4.79 Å². The van der Waals surface area contributed by atoms with E-state index in [2.05, 4.69) is 46.5 Å². The van der Waals surface area contributed by atoms with E-state index in [-0.39, 0.29) is 17.1 Å². The van der Waals surface area contributed by atoms with Crippen LogP contribution in [-0.2, 0) is 19.5 Å². The highest BCUT2D eigenvalue weighted by Gasteiger charge is 2.34. The minimum Gasteiger partial charge on any atom is -0.354 e. The van der Waals surface area contributed by atoms with Gasteiger partial charge in [0.05, 0.1) is 11.9 Å². The molecule has 8 heteroatoms. The third-order valence-electron chi connectivity index (χ3n) is 5.56. The molecular weight excluding hydrogens is 366 g/mol. The number of carbonyl (C=O) groups is 1. The smallest absolute Gasteiger partial charge is 0.293 e. The summed E-state index contributed by atoms with van der Waals surface area (Å²) in [4.78, 5) is 19.6. The van der Waals surface area contributed by atoms with Gasteiger partial charge in [-0.1, -0.05) is 32.0 Å². The summed E-state index contributed by atoms with van der Waals surface area (Å²) in [6, 6.07) is 10.1. The number of benzene rings is 1. The highest BCUT2D eigenvalue weighted by molar-refractivity contribution is 5.90. The second-order valence-electron chi connectivity index (χ2n) is 8.63. The molecule has 0 atom stereocenters. The number of carbonyl (C=O) groups excluding carboxylic acids is 1. The number of anilines is 1. The van der Waals surface area contributed by atoms with Crippen LogP contribution in [0.3, 0.4) is 0 Å². The second kappa shape index (κ2) is 6.72. The zero-order valence-corrected chi connectivity index (χ0v) is 16.8. The lowest BCUT2D eigenvalue weighted by atomic mass is 9.87. The molecule has 2 aromatic heterocycles. The van der Waals surface area contributed by atoms with Crippen molar-refractivity contribution in [3.05, 3.63) is 53.6 Å². The second-order valence-corrected chi connectivity index (χ2v) is 8.63. The number of para-hydroxylation sites is 1. The van der Waals surface area contributed by atoms with Crippen LogP contribution < -0.4 is 5.32 Å². The van der Waals surface area contributed by atoms with Crippen molar-refractivity contribution in [2.45, 2.75) is 39.8 Å². The average Bonchev–Trinajstić information content (AvgIpc) is 3.28. The lowest BCUT2D eigenvalue weighted by Gasteiger charge is -2.29. The number of amides is 1. The van der Waals surface area contributed by atoms with Crippen LogP contribution in [0, 0.1) is 5.41 Å². The molecular formula is C21H25N7O. The topological polar surface area (TPSA) is 80.9 Å². The van der Waals surface area contributed by atoms with E-state index in [1.54, 1.807) is 4.68 Å². The van der Waals surface area contributed by atoms with Crippen molar-refractivity contribution in [3.63, 3.8) is 0 Å². The Bertz CT molecular complexity index is 1030. The normalized spacial score (nSPS) is 17.8. The molecule has 0 aliphatic carbocycles. The Morgan fingerprint density at radius 1 is 1.21 bits per heavy atom. The van der Waals surface area contributed by atoms with Gasteiger partial charge in [0.15, 0.2) is 0 Å². The van der Waals surface area contributed by atoms with Gasteiger partial charge in [0.25, 0.3) is 5.91 Å². The molecule has 0 fully saturated rings. The predicted molar refractivity (Wildman–Crippen MR) is 109 cm³/mol. The number of hydrogen-bond acceptors (Lipinski definition) is 5. The standard InChI is InChI=1S/C21H25N7O/c1-21(2)11-17-15(12-23-28(17)16-7-4-3-5-8-16)13-26(14-21)19(29)18-24-20-22-9-6-10-27(20)25-18/h3-5,7-8,12H,6,9-11,13-14H2,1-2H3,(H,22,24,25). The summed E-state index contributed by atoms with van der Waals surface area (Å²) in [6.45, 7) is 7.21. The van der Waals surface area contributed by atoms with Crippen LogP contribution in [0.5, 0.6) is 0 Å². The van der Waals surface area contributed by atoms with Gasteiger partial charge in [0.2, 0.25) is 11.8 Å². The SMILES string of the molecule is CC1(C)Cc2c(cnn2-c2ccccc2)CN(C(=O)c2nc3n(n2)CCCN3)C1. The maximum atomic E-state index is 13.3.